The minimum absolute atomic E-state index is 0.184. The predicted octanol–water partition coefficient (Wildman–Crippen LogP) is 5.05. The molecule has 1 aliphatic carbocycles. The van der Waals surface area contributed by atoms with Gasteiger partial charge in [0.05, 0.1) is 11.1 Å². The molecule has 7 heteroatoms. The number of thioether (sulfide) groups is 1. The molecule has 1 saturated carbocycles. The molecule has 1 aliphatic rings. The Morgan fingerprint density at radius 1 is 1.36 bits per heavy atom. The van der Waals surface area contributed by atoms with Crippen LogP contribution in [0.25, 0.3) is 11.3 Å². The van der Waals surface area contributed by atoms with Gasteiger partial charge in [0.15, 0.2) is 5.13 Å². The van der Waals surface area contributed by atoms with E-state index < -0.39 is 9.75 Å². The second-order valence-corrected chi connectivity index (χ2v) is 8.66. The number of rotatable bonds is 4. The van der Waals surface area contributed by atoms with Crippen molar-refractivity contribution in [3.63, 3.8) is 0 Å². The van der Waals surface area contributed by atoms with E-state index in [1.807, 2.05) is 23.8 Å². The number of benzene rings is 1. The summed E-state index contributed by atoms with van der Waals surface area (Å²) in [4.78, 5) is 17.9. The summed E-state index contributed by atoms with van der Waals surface area (Å²) in [6.07, 6.45) is 2.50. The molecule has 1 amide bonds. The number of halogens is 2. The summed E-state index contributed by atoms with van der Waals surface area (Å²) in [5.74, 6) is -0.184. The highest BCUT2D eigenvalue weighted by atomic mass is 35.5. The third-order valence-corrected chi connectivity index (χ3v) is 6.47. The number of carbonyl (C=O) groups is 1. The van der Waals surface area contributed by atoms with Gasteiger partial charge < -0.3 is 5.32 Å². The Bertz CT molecular complexity index is 715. The molecule has 2 aromatic rings. The molecule has 1 unspecified atom stereocenters. The summed E-state index contributed by atoms with van der Waals surface area (Å²) in [6.45, 7) is 1.76. The molecule has 22 heavy (non-hydrogen) atoms. The third-order valence-electron chi connectivity index (χ3n) is 3.87. The minimum atomic E-state index is -0.967. The zero-order chi connectivity index (χ0) is 16.0. The van der Waals surface area contributed by atoms with Crippen molar-refractivity contribution in [2.45, 2.75) is 22.6 Å². The summed E-state index contributed by atoms with van der Waals surface area (Å²) >= 11 is 15.1. The highest BCUT2D eigenvalue weighted by Gasteiger charge is 2.68. The van der Waals surface area contributed by atoms with E-state index in [1.54, 1.807) is 18.7 Å². The molecule has 1 N–H and O–H groups in total. The van der Waals surface area contributed by atoms with Gasteiger partial charge in [-0.25, -0.2) is 4.98 Å². The number of thiazole rings is 1. The highest BCUT2D eigenvalue weighted by molar-refractivity contribution is 7.98. The molecule has 1 aromatic carbocycles. The topological polar surface area (TPSA) is 42.0 Å². The molecule has 0 saturated heterocycles. The fraction of sp³-hybridized carbons (Fsp3) is 0.333. The first-order valence-electron chi connectivity index (χ1n) is 6.65. The van der Waals surface area contributed by atoms with Gasteiger partial charge in [-0.15, -0.1) is 46.3 Å². The van der Waals surface area contributed by atoms with Gasteiger partial charge in [0.1, 0.15) is 4.33 Å². The SMILES string of the molecule is CSc1ccc(-c2csc(NC(=O)C3(C)CC3(Cl)Cl)n2)cc1. The number of hydrogen-bond donors (Lipinski definition) is 1. The molecular weight excluding hydrogens is 359 g/mol. The van der Waals surface area contributed by atoms with Crippen LogP contribution in [0.1, 0.15) is 13.3 Å². The molecule has 0 aliphatic heterocycles. The molecule has 1 atom stereocenters. The average Bonchev–Trinajstić information content (AvgIpc) is 2.85. The lowest BCUT2D eigenvalue weighted by Gasteiger charge is -2.10. The van der Waals surface area contributed by atoms with Crippen molar-refractivity contribution in [2.24, 2.45) is 5.41 Å². The smallest absolute Gasteiger partial charge is 0.235 e. The number of alkyl halides is 2. The Kier molecular flexibility index (Phi) is 4.18. The summed E-state index contributed by atoms with van der Waals surface area (Å²) in [5.41, 5.74) is 1.13. The monoisotopic (exact) mass is 372 g/mol. The second kappa shape index (κ2) is 5.71. The van der Waals surface area contributed by atoms with Crippen LogP contribution in [0.2, 0.25) is 0 Å². The maximum absolute atomic E-state index is 12.2. The van der Waals surface area contributed by atoms with Gasteiger partial charge >= 0.3 is 0 Å². The number of anilines is 1. The summed E-state index contributed by atoms with van der Waals surface area (Å²) in [5, 5.41) is 5.29. The Morgan fingerprint density at radius 3 is 2.55 bits per heavy atom. The first-order valence-corrected chi connectivity index (χ1v) is 9.51. The van der Waals surface area contributed by atoms with Gasteiger partial charge in [-0.1, -0.05) is 12.1 Å². The van der Waals surface area contributed by atoms with Crippen molar-refractivity contribution in [1.82, 2.24) is 4.98 Å². The first-order chi connectivity index (χ1) is 10.4. The van der Waals surface area contributed by atoms with Gasteiger partial charge in [0, 0.05) is 15.8 Å². The van der Waals surface area contributed by atoms with Crippen LogP contribution in [-0.4, -0.2) is 21.5 Å². The van der Waals surface area contributed by atoms with Gasteiger partial charge in [0.25, 0.3) is 0 Å². The highest BCUT2D eigenvalue weighted by Crippen LogP contribution is 2.64. The van der Waals surface area contributed by atoms with E-state index in [0.29, 0.717) is 11.6 Å². The largest absolute Gasteiger partial charge is 0.301 e. The van der Waals surface area contributed by atoms with Crippen LogP contribution in [0, 0.1) is 5.41 Å². The van der Waals surface area contributed by atoms with E-state index in [2.05, 4.69) is 22.4 Å². The van der Waals surface area contributed by atoms with Crippen molar-refractivity contribution in [1.29, 1.82) is 0 Å². The van der Waals surface area contributed by atoms with Crippen molar-refractivity contribution < 1.29 is 4.79 Å². The maximum atomic E-state index is 12.2. The summed E-state index contributed by atoms with van der Waals surface area (Å²) < 4.78 is -0.967. The lowest BCUT2D eigenvalue weighted by atomic mass is 10.1. The van der Waals surface area contributed by atoms with E-state index in [1.165, 1.54) is 16.2 Å². The van der Waals surface area contributed by atoms with E-state index in [0.717, 1.165) is 11.3 Å². The Hall–Kier alpha value is -0.750. The third kappa shape index (κ3) is 2.87. The van der Waals surface area contributed by atoms with Crippen molar-refractivity contribution in [3.8, 4) is 11.3 Å². The number of aromatic nitrogens is 1. The van der Waals surface area contributed by atoms with Gasteiger partial charge in [-0.2, -0.15) is 0 Å². The molecule has 1 aromatic heterocycles. The number of hydrogen-bond acceptors (Lipinski definition) is 4. The molecule has 3 nitrogen and oxygen atoms in total. The standard InChI is InChI=1S/C15H14Cl2N2OS2/c1-14(8-15(14,16)17)12(20)19-13-18-11(7-22-13)9-3-5-10(21-2)6-4-9/h3-7H,8H2,1-2H3,(H,18,19,20). The van der Waals surface area contributed by atoms with Gasteiger partial charge in [-0.05, 0) is 31.7 Å². The van der Waals surface area contributed by atoms with Crippen LogP contribution in [0.15, 0.2) is 34.5 Å². The quantitative estimate of drug-likeness (QED) is 0.602. The van der Waals surface area contributed by atoms with Crippen LogP contribution in [0.3, 0.4) is 0 Å². The summed E-state index contributed by atoms with van der Waals surface area (Å²) in [6, 6.07) is 8.16. The Labute approximate surface area is 147 Å². The number of carbonyl (C=O) groups excluding carboxylic acids is 1. The molecule has 116 valence electrons. The predicted molar refractivity (Wildman–Crippen MR) is 95.1 cm³/mol. The molecule has 0 radical (unpaired) electrons. The van der Waals surface area contributed by atoms with Crippen LogP contribution < -0.4 is 5.32 Å². The normalized spacial score (nSPS) is 22.4. The molecular formula is C15H14Cl2N2OS2. The van der Waals surface area contributed by atoms with E-state index in [-0.39, 0.29) is 5.91 Å². The fourth-order valence-electron chi connectivity index (χ4n) is 2.11. The molecule has 1 fully saturated rings. The molecule has 0 spiro atoms. The van der Waals surface area contributed by atoms with Crippen LogP contribution in [0.4, 0.5) is 5.13 Å². The van der Waals surface area contributed by atoms with Crippen molar-refractivity contribution >= 4 is 57.3 Å². The minimum Gasteiger partial charge on any atom is -0.301 e. The lowest BCUT2D eigenvalue weighted by Crippen LogP contribution is -2.25. The average molecular weight is 373 g/mol. The van der Waals surface area contributed by atoms with Crippen molar-refractivity contribution in [3.05, 3.63) is 29.6 Å². The molecule has 1 heterocycles. The molecule has 3 rings (SSSR count). The maximum Gasteiger partial charge on any atom is 0.235 e. The van der Waals surface area contributed by atoms with Crippen LogP contribution in [-0.2, 0) is 4.79 Å². The molecule has 0 bridgehead atoms. The first kappa shape index (κ1) is 16.1. The Morgan fingerprint density at radius 2 is 2.00 bits per heavy atom. The van der Waals surface area contributed by atoms with Crippen LogP contribution in [0.5, 0.6) is 0 Å². The number of amides is 1. The van der Waals surface area contributed by atoms with E-state index >= 15 is 0 Å². The summed E-state index contributed by atoms with van der Waals surface area (Å²) in [7, 11) is 0. The van der Waals surface area contributed by atoms with Crippen molar-refractivity contribution in [2.75, 3.05) is 11.6 Å². The lowest BCUT2D eigenvalue weighted by molar-refractivity contribution is -0.120. The Balaban J connectivity index is 1.72. The van der Waals surface area contributed by atoms with Gasteiger partial charge in [-0.3, -0.25) is 4.79 Å². The fourth-order valence-corrected chi connectivity index (χ4v) is 3.94. The van der Waals surface area contributed by atoms with E-state index in [9.17, 15) is 4.79 Å². The number of nitrogens with zero attached hydrogens (tertiary/aromatic N) is 1. The number of nitrogens with one attached hydrogen (secondary N) is 1. The second-order valence-electron chi connectivity index (χ2n) is 5.43. The van der Waals surface area contributed by atoms with E-state index in [4.69, 9.17) is 23.2 Å². The zero-order valence-electron chi connectivity index (χ0n) is 12.0. The zero-order valence-corrected chi connectivity index (χ0v) is 15.2. The van der Waals surface area contributed by atoms with Crippen LogP contribution >= 0.6 is 46.3 Å². The van der Waals surface area contributed by atoms with Gasteiger partial charge in [0.2, 0.25) is 5.91 Å².